The summed E-state index contributed by atoms with van der Waals surface area (Å²) in [6.07, 6.45) is 1.93. The topological polar surface area (TPSA) is 130 Å². The smallest absolute Gasteiger partial charge is 0.308 e. The maximum atomic E-state index is 13.7. The molecule has 10 rings (SSSR count). The molecule has 10 heterocycles. The lowest BCUT2D eigenvalue weighted by Crippen LogP contribution is -2.62. The average Bonchev–Trinajstić information content (AvgIpc) is 3.66. The summed E-state index contributed by atoms with van der Waals surface area (Å²) in [5, 5.41) is 10.8. The molecule has 12 heteroatoms. The Morgan fingerprint density at radius 2 is 1.51 bits per heavy atom. The van der Waals surface area contributed by atoms with Gasteiger partial charge < -0.3 is 52.5 Å². The first-order valence-corrected chi connectivity index (χ1v) is 18.7. The molecular formula is C37H52O12. The fourth-order valence-electron chi connectivity index (χ4n) is 10.3. The molecule has 0 radical (unpaired) electrons. The van der Waals surface area contributed by atoms with Crippen molar-refractivity contribution in [2.45, 2.75) is 181 Å². The van der Waals surface area contributed by atoms with Crippen LogP contribution < -0.4 is 0 Å². The van der Waals surface area contributed by atoms with Crippen LogP contribution in [-0.2, 0) is 52.2 Å². The number of aliphatic hydroxyl groups is 1. The molecular weight excluding hydrogens is 636 g/mol. The third-order valence-corrected chi connectivity index (χ3v) is 12.9. The van der Waals surface area contributed by atoms with Gasteiger partial charge in [0.1, 0.15) is 48.8 Å². The number of methoxy groups -OCH3 is 1. The molecule has 49 heavy (non-hydrogen) atoms. The van der Waals surface area contributed by atoms with Crippen molar-refractivity contribution in [3.05, 3.63) is 24.3 Å². The monoisotopic (exact) mass is 688 g/mol. The summed E-state index contributed by atoms with van der Waals surface area (Å²) in [6, 6.07) is 0. The van der Waals surface area contributed by atoms with Crippen LogP contribution in [0.25, 0.3) is 0 Å². The molecule has 10 saturated heterocycles. The van der Waals surface area contributed by atoms with E-state index in [-0.39, 0.29) is 80.0 Å². The number of rotatable bonds is 1. The van der Waals surface area contributed by atoms with Gasteiger partial charge in [-0.05, 0) is 62.0 Å². The molecule has 10 fully saturated rings. The molecule has 0 amide bonds. The van der Waals surface area contributed by atoms with Crippen molar-refractivity contribution in [2.24, 2.45) is 5.92 Å². The van der Waals surface area contributed by atoms with Crippen molar-refractivity contribution >= 4 is 5.97 Å². The van der Waals surface area contributed by atoms with Crippen LogP contribution >= 0.6 is 0 Å². The third kappa shape index (κ3) is 5.96. The van der Waals surface area contributed by atoms with Crippen LogP contribution in [0.2, 0.25) is 0 Å². The number of carbonyl (C=O) groups is 1. The highest BCUT2D eigenvalue weighted by Crippen LogP contribution is 2.54. The fourth-order valence-corrected chi connectivity index (χ4v) is 10.3. The molecule has 0 aliphatic carbocycles. The van der Waals surface area contributed by atoms with E-state index in [1.807, 2.05) is 0 Å². The van der Waals surface area contributed by atoms with Gasteiger partial charge >= 0.3 is 5.97 Å². The predicted octanol–water partition coefficient (Wildman–Crippen LogP) is 3.06. The Morgan fingerprint density at radius 3 is 2.37 bits per heavy atom. The van der Waals surface area contributed by atoms with Crippen LogP contribution in [0.15, 0.2) is 24.3 Å². The minimum Gasteiger partial charge on any atom is -0.457 e. The number of carbonyl (C=O) groups excluding carboxylic acids is 1. The molecule has 0 saturated carbocycles. The van der Waals surface area contributed by atoms with E-state index < -0.39 is 48.4 Å². The van der Waals surface area contributed by atoms with Crippen LogP contribution in [0, 0.1) is 5.92 Å². The standard InChI is InChI=1S/C37H52O12/c1-17-11-20-5-7-24-18(2)12-22(42-24)9-10-37-15-28-33(48-37)34-35(46-28)36(49-37)31-25(45-34)8-6-21(44-31)13-29(39)47-32-27(14-26(43-20)19(17)3)41-16-23(38)30(32)40-4/h17,20-28,30-36,38H,2-3,5-16H2,1,4H3/t17-,20+,21-,22+,23+,24+,25+,26-,27+,28+,30+,31+,32+,33+,34?,35-,36+,37+/m1/s1. The fraction of sp³-hybridized carbons (Fsp3) is 0.865. The molecule has 10 aliphatic rings. The lowest BCUT2D eigenvalue weighted by atomic mass is 9.83. The van der Waals surface area contributed by atoms with Crippen molar-refractivity contribution in [2.75, 3.05) is 13.7 Å². The zero-order valence-corrected chi connectivity index (χ0v) is 28.7. The number of esters is 1. The third-order valence-electron chi connectivity index (χ3n) is 12.9. The minimum absolute atomic E-state index is 0.0163. The van der Waals surface area contributed by atoms with Gasteiger partial charge in [-0.2, -0.15) is 0 Å². The van der Waals surface area contributed by atoms with E-state index in [4.69, 9.17) is 47.4 Å². The lowest BCUT2D eigenvalue weighted by Gasteiger charge is -2.47. The van der Waals surface area contributed by atoms with E-state index in [1.165, 1.54) is 7.11 Å². The molecule has 1 unspecified atom stereocenters. The first-order chi connectivity index (χ1) is 23.7. The molecule has 10 aliphatic heterocycles. The van der Waals surface area contributed by atoms with Gasteiger partial charge in [0.2, 0.25) is 0 Å². The second-order valence-corrected chi connectivity index (χ2v) is 16.1. The predicted molar refractivity (Wildman–Crippen MR) is 170 cm³/mol. The minimum atomic E-state index is -0.939. The van der Waals surface area contributed by atoms with Gasteiger partial charge in [-0.3, -0.25) is 4.79 Å². The largest absolute Gasteiger partial charge is 0.457 e. The number of hydrogen-bond donors (Lipinski definition) is 1. The Balaban J connectivity index is 0.995. The molecule has 0 aromatic carbocycles. The molecule has 12 nitrogen and oxygen atoms in total. The molecule has 1 spiro atoms. The maximum Gasteiger partial charge on any atom is 0.308 e. The van der Waals surface area contributed by atoms with Crippen LogP contribution in [0.1, 0.15) is 77.6 Å². The highest BCUT2D eigenvalue weighted by Gasteiger charge is 2.68. The Labute approximate surface area is 288 Å². The zero-order valence-electron chi connectivity index (χ0n) is 28.7. The SMILES string of the molecule is C=C1C[C@@H]2CC[C@@]34C[C@@H]5O[C@@H]6C(O[C@H]7CC[C@H](CC(=O)O[C@@H]8[C@@H](OC)[C@@H](O)CO[C@H]8C[C@H]8O[C@@H](CC[C@@H]1O2)C[C@@H](C)C8=C)O[C@@H]7[C@@H]6O3)[C@H]5O4. The van der Waals surface area contributed by atoms with Gasteiger partial charge in [-0.25, -0.2) is 0 Å². The van der Waals surface area contributed by atoms with Crippen molar-refractivity contribution in [1.82, 2.24) is 0 Å². The number of ether oxygens (including phenoxy) is 10. The molecule has 1 N–H and O–H groups in total. The van der Waals surface area contributed by atoms with Crippen LogP contribution in [0.5, 0.6) is 0 Å². The quantitative estimate of drug-likeness (QED) is 0.321. The van der Waals surface area contributed by atoms with Crippen LogP contribution in [0.3, 0.4) is 0 Å². The first kappa shape index (κ1) is 33.4. The molecule has 12 bridgehead atoms. The maximum absolute atomic E-state index is 13.7. The normalized spacial score (nSPS) is 54.3. The van der Waals surface area contributed by atoms with E-state index in [1.54, 1.807) is 0 Å². The lowest BCUT2D eigenvalue weighted by molar-refractivity contribution is -0.293. The van der Waals surface area contributed by atoms with Gasteiger partial charge in [0.05, 0.1) is 55.8 Å². The summed E-state index contributed by atoms with van der Waals surface area (Å²) in [5.41, 5.74) is 2.13. The number of aliphatic hydroxyl groups excluding tert-OH is 1. The first-order valence-electron chi connectivity index (χ1n) is 18.7. The molecule has 272 valence electrons. The summed E-state index contributed by atoms with van der Waals surface area (Å²) in [5.74, 6) is -0.976. The summed E-state index contributed by atoms with van der Waals surface area (Å²) in [7, 11) is 1.52. The summed E-state index contributed by atoms with van der Waals surface area (Å²) in [4.78, 5) is 13.7. The Hall–Kier alpha value is -1.45. The second-order valence-electron chi connectivity index (χ2n) is 16.1. The average molecular weight is 689 g/mol. The van der Waals surface area contributed by atoms with E-state index in [2.05, 4.69) is 20.1 Å². The summed E-state index contributed by atoms with van der Waals surface area (Å²) in [6.45, 7) is 11.1. The molecule has 0 aromatic rings. The molecule has 0 aromatic heterocycles. The van der Waals surface area contributed by atoms with Gasteiger partial charge in [-0.15, -0.1) is 0 Å². The van der Waals surface area contributed by atoms with E-state index in [9.17, 15) is 9.90 Å². The highest BCUT2D eigenvalue weighted by molar-refractivity contribution is 5.70. The van der Waals surface area contributed by atoms with Crippen molar-refractivity contribution < 1.29 is 57.3 Å². The van der Waals surface area contributed by atoms with Gasteiger partial charge in [0.15, 0.2) is 11.9 Å². The molecule has 18 atom stereocenters. The zero-order chi connectivity index (χ0) is 33.6. The summed E-state index contributed by atoms with van der Waals surface area (Å²) < 4.78 is 64.8. The number of fused-ring (bicyclic) bond motifs is 6. The van der Waals surface area contributed by atoms with E-state index in [0.717, 1.165) is 49.7 Å². The Bertz CT molecular complexity index is 1310. The Morgan fingerprint density at radius 1 is 0.755 bits per heavy atom. The van der Waals surface area contributed by atoms with E-state index in [0.29, 0.717) is 25.7 Å². The van der Waals surface area contributed by atoms with Gasteiger partial charge in [0, 0.05) is 26.4 Å². The Kier molecular flexibility index (Phi) is 8.79. The second kappa shape index (κ2) is 12.9. The van der Waals surface area contributed by atoms with Crippen molar-refractivity contribution in [3.8, 4) is 0 Å². The van der Waals surface area contributed by atoms with Gasteiger partial charge in [0.25, 0.3) is 0 Å². The number of hydrogen-bond acceptors (Lipinski definition) is 12. The van der Waals surface area contributed by atoms with Crippen molar-refractivity contribution in [3.63, 3.8) is 0 Å². The van der Waals surface area contributed by atoms with Crippen molar-refractivity contribution in [1.29, 1.82) is 0 Å². The summed E-state index contributed by atoms with van der Waals surface area (Å²) >= 11 is 0. The van der Waals surface area contributed by atoms with E-state index >= 15 is 0 Å². The highest BCUT2D eigenvalue weighted by atomic mass is 16.8. The van der Waals surface area contributed by atoms with Gasteiger partial charge in [-0.1, -0.05) is 20.1 Å². The van der Waals surface area contributed by atoms with Crippen LogP contribution in [0.4, 0.5) is 0 Å². The van der Waals surface area contributed by atoms with Crippen LogP contribution in [-0.4, -0.2) is 128 Å².